The van der Waals surface area contributed by atoms with Gasteiger partial charge in [-0.3, -0.25) is 14.5 Å². The lowest BCUT2D eigenvalue weighted by Gasteiger charge is -2.23. The van der Waals surface area contributed by atoms with E-state index in [1.54, 1.807) is 24.3 Å². The number of carbonyl (C=O) groups excluding carboxylic acids is 2. The number of benzene rings is 2. The Hall–Kier alpha value is -2.13. The molecule has 0 bridgehead atoms. The van der Waals surface area contributed by atoms with E-state index in [9.17, 15) is 9.59 Å². The summed E-state index contributed by atoms with van der Waals surface area (Å²) in [6, 6.07) is 16.1. The molecule has 0 saturated carbocycles. The topological polar surface area (TPSA) is 37.4 Å². The van der Waals surface area contributed by atoms with E-state index in [2.05, 4.69) is 0 Å². The zero-order valence-corrected chi connectivity index (χ0v) is 12.1. The van der Waals surface area contributed by atoms with Crippen LogP contribution in [0.2, 0.25) is 5.02 Å². The Bertz CT molecular complexity index is 667. The zero-order chi connectivity index (χ0) is 14.8. The average molecular weight is 300 g/mol. The van der Waals surface area contributed by atoms with Gasteiger partial charge in [0.25, 0.3) is 5.91 Å². The van der Waals surface area contributed by atoms with Crippen molar-refractivity contribution in [3.05, 3.63) is 70.7 Å². The number of rotatable bonds is 2. The third kappa shape index (κ3) is 2.69. The predicted octanol–water partition coefficient (Wildman–Crippen LogP) is 3.84. The van der Waals surface area contributed by atoms with Gasteiger partial charge in [-0.2, -0.15) is 0 Å². The molecule has 0 unspecified atom stereocenters. The molecular weight excluding hydrogens is 286 g/mol. The Morgan fingerprint density at radius 3 is 2.38 bits per heavy atom. The monoisotopic (exact) mass is 299 g/mol. The molecule has 3 rings (SSSR count). The summed E-state index contributed by atoms with van der Waals surface area (Å²) in [6.45, 7) is 0. The van der Waals surface area contributed by atoms with Crippen LogP contribution in [0.4, 0.5) is 0 Å². The lowest BCUT2D eigenvalue weighted by molar-refractivity contribution is -0.126. The van der Waals surface area contributed by atoms with Crippen molar-refractivity contribution in [1.29, 1.82) is 0 Å². The lowest BCUT2D eigenvalue weighted by atomic mass is 10.0. The highest BCUT2D eigenvalue weighted by Crippen LogP contribution is 2.34. The van der Waals surface area contributed by atoms with E-state index in [-0.39, 0.29) is 17.9 Å². The molecule has 1 atom stereocenters. The van der Waals surface area contributed by atoms with Gasteiger partial charge in [-0.25, -0.2) is 0 Å². The smallest absolute Gasteiger partial charge is 0.261 e. The standard InChI is InChI=1S/C17H14ClNO2/c18-14-8-6-13(7-9-14)17(21)19-15(10-11-16(19)20)12-4-2-1-3-5-12/h1-9,15H,10-11H2/t15-/m0/s1. The summed E-state index contributed by atoms with van der Waals surface area (Å²) in [5.41, 5.74) is 1.47. The van der Waals surface area contributed by atoms with Gasteiger partial charge in [-0.15, -0.1) is 0 Å². The Morgan fingerprint density at radius 2 is 1.71 bits per heavy atom. The van der Waals surface area contributed by atoms with Crippen LogP contribution >= 0.6 is 11.6 Å². The Morgan fingerprint density at radius 1 is 1.05 bits per heavy atom. The van der Waals surface area contributed by atoms with Crippen molar-refractivity contribution in [3.8, 4) is 0 Å². The first-order valence-corrected chi connectivity index (χ1v) is 7.21. The molecule has 21 heavy (non-hydrogen) atoms. The molecule has 0 N–H and O–H groups in total. The summed E-state index contributed by atoms with van der Waals surface area (Å²) in [5, 5.41) is 0.568. The number of hydrogen-bond acceptors (Lipinski definition) is 2. The van der Waals surface area contributed by atoms with Crippen molar-refractivity contribution in [3.63, 3.8) is 0 Å². The van der Waals surface area contributed by atoms with E-state index in [4.69, 9.17) is 11.6 Å². The van der Waals surface area contributed by atoms with Gasteiger partial charge in [-0.1, -0.05) is 41.9 Å². The van der Waals surface area contributed by atoms with Gasteiger partial charge in [0.05, 0.1) is 6.04 Å². The fourth-order valence-corrected chi connectivity index (χ4v) is 2.79. The van der Waals surface area contributed by atoms with Crippen LogP contribution in [-0.2, 0) is 4.79 Å². The van der Waals surface area contributed by atoms with Gasteiger partial charge in [-0.05, 0) is 36.2 Å². The normalized spacial score (nSPS) is 18.0. The highest BCUT2D eigenvalue weighted by molar-refractivity contribution is 6.30. The molecule has 2 aromatic rings. The number of carbonyl (C=O) groups is 2. The van der Waals surface area contributed by atoms with Crippen LogP contribution in [0.3, 0.4) is 0 Å². The second-order valence-electron chi connectivity index (χ2n) is 5.04. The van der Waals surface area contributed by atoms with Gasteiger partial charge in [0.2, 0.25) is 5.91 Å². The number of halogens is 1. The highest BCUT2D eigenvalue weighted by atomic mass is 35.5. The number of amides is 2. The quantitative estimate of drug-likeness (QED) is 0.790. The first-order chi connectivity index (χ1) is 10.2. The minimum atomic E-state index is -0.261. The first-order valence-electron chi connectivity index (χ1n) is 6.84. The Kier molecular flexibility index (Phi) is 3.76. The van der Waals surface area contributed by atoms with Gasteiger partial charge < -0.3 is 0 Å². The summed E-state index contributed by atoms with van der Waals surface area (Å²) < 4.78 is 0. The molecule has 2 aromatic carbocycles. The number of likely N-dealkylation sites (tertiary alicyclic amines) is 1. The van der Waals surface area contributed by atoms with E-state index >= 15 is 0 Å². The number of imide groups is 1. The van der Waals surface area contributed by atoms with Crippen molar-refractivity contribution < 1.29 is 9.59 Å². The van der Waals surface area contributed by atoms with Crippen molar-refractivity contribution >= 4 is 23.4 Å². The van der Waals surface area contributed by atoms with Crippen molar-refractivity contribution in [2.75, 3.05) is 0 Å². The average Bonchev–Trinajstić information content (AvgIpc) is 2.90. The van der Waals surface area contributed by atoms with E-state index in [1.807, 2.05) is 30.3 Å². The lowest BCUT2D eigenvalue weighted by Crippen LogP contribution is -2.34. The second kappa shape index (κ2) is 5.70. The minimum absolute atomic E-state index is 0.121. The van der Waals surface area contributed by atoms with Crippen LogP contribution in [0.1, 0.15) is 34.8 Å². The maximum atomic E-state index is 12.6. The Labute approximate surface area is 128 Å². The summed E-state index contributed by atoms with van der Waals surface area (Å²) in [5.74, 6) is -0.383. The molecular formula is C17H14ClNO2. The van der Waals surface area contributed by atoms with Gasteiger partial charge in [0.1, 0.15) is 0 Å². The minimum Gasteiger partial charge on any atom is -0.274 e. The largest absolute Gasteiger partial charge is 0.274 e. The number of hydrogen-bond donors (Lipinski definition) is 0. The van der Waals surface area contributed by atoms with Gasteiger partial charge >= 0.3 is 0 Å². The summed E-state index contributed by atoms with van der Waals surface area (Å²) in [4.78, 5) is 26.1. The molecule has 0 aromatic heterocycles. The van der Waals surface area contributed by atoms with Gasteiger partial charge in [0, 0.05) is 17.0 Å². The fourth-order valence-electron chi connectivity index (χ4n) is 2.66. The molecule has 1 aliphatic heterocycles. The van der Waals surface area contributed by atoms with E-state index < -0.39 is 0 Å². The SMILES string of the molecule is O=C1CC[C@@H](c2ccccc2)N1C(=O)c1ccc(Cl)cc1. The van der Waals surface area contributed by atoms with Crippen LogP contribution in [0.5, 0.6) is 0 Å². The molecule has 106 valence electrons. The Balaban J connectivity index is 1.92. The maximum Gasteiger partial charge on any atom is 0.261 e. The molecule has 2 amide bonds. The van der Waals surface area contributed by atoms with Crippen LogP contribution in [0.15, 0.2) is 54.6 Å². The van der Waals surface area contributed by atoms with Crippen LogP contribution < -0.4 is 0 Å². The molecule has 0 aliphatic carbocycles. The fraction of sp³-hybridized carbons (Fsp3) is 0.176. The van der Waals surface area contributed by atoms with Gasteiger partial charge in [0.15, 0.2) is 0 Å². The number of nitrogens with zero attached hydrogens (tertiary/aromatic N) is 1. The molecule has 1 saturated heterocycles. The molecule has 0 radical (unpaired) electrons. The van der Waals surface area contributed by atoms with Crippen molar-refractivity contribution in [1.82, 2.24) is 4.90 Å². The van der Waals surface area contributed by atoms with E-state index in [0.717, 1.165) is 5.56 Å². The summed E-state index contributed by atoms with van der Waals surface area (Å²) in [7, 11) is 0. The third-order valence-corrected chi connectivity index (χ3v) is 3.96. The molecule has 0 spiro atoms. The zero-order valence-electron chi connectivity index (χ0n) is 11.3. The van der Waals surface area contributed by atoms with E-state index in [0.29, 0.717) is 23.4 Å². The first kappa shape index (κ1) is 13.8. The van der Waals surface area contributed by atoms with E-state index in [1.165, 1.54) is 4.90 Å². The molecule has 1 fully saturated rings. The summed E-state index contributed by atoms with van der Waals surface area (Å²) in [6.07, 6.45) is 1.07. The van der Waals surface area contributed by atoms with Crippen molar-refractivity contribution in [2.45, 2.75) is 18.9 Å². The molecule has 1 heterocycles. The third-order valence-electron chi connectivity index (χ3n) is 3.71. The highest BCUT2D eigenvalue weighted by Gasteiger charge is 2.36. The van der Waals surface area contributed by atoms with Crippen molar-refractivity contribution in [2.24, 2.45) is 0 Å². The molecule has 3 nitrogen and oxygen atoms in total. The van der Waals surface area contributed by atoms with Crippen LogP contribution in [0, 0.1) is 0 Å². The van der Waals surface area contributed by atoms with Crippen LogP contribution in [0.25, 0.3) is 0 Å². The molecule has 4 heteroatoms. The predicted molar refractivity (Wildman–Crippen MR) is 81.0 cm³/mol. The second-order valence-corrected chi connectivity index (χ2v) is 5.48. The molecule has 1 aliphatic rings. The summed E-state index contributed by atoms with van der Waals surface area (Å²) >= 11 is 5.84. The maximum absolute atomic E-state index is 12.6. The van der Waals surface area contributed by atoms with Crippen LogP contribution in [-0.4, -0.2) is 16.7 Å².